The maximum atomic E-state index is 5.81. The van der Waals surface area contributed by atoms with E-state index in [2.05, 4.69) is 22.2 Å². The summed E-state index contributed by atoms with van der Waals surface area (Å²) in [5.41, 5.74) is 0. The number of likely N-dealkylation sites (N-methyl/N-ethyl adjacent to an activating group) is 1. The summed E-state index contributed by atoms with van der Waals surface area (Å²) in [7, 11) is 2.17. The molecule has 0 amide bonds. The van der Waals surface area contributed by atoms with Crippen molar-refractivity contribution in [3.63, 3.8) is 0 Å². The van der Waals surface area contributed by atoms with E-state index in [4.69, 9.17) is 11.6 Å². The van der Waals surface area contributed by atoms with Crippen LogP contribution in [0.3, 0.4) is 0 Å². The number of hydrogen-bond donors (Lipinski definition) is 1. The largest absolute Gasteiger partial charge is 0.315 e. The fourth-order valence-electron chi connectivity index (χ4n) is 1.94. The fourth-order valence-corrected chi connectivity index (χ4v) is 2.98. The molecular formula is C10H17Cl2N3S. The quantitative estimate of drug-likeness (QED) is 0.922. The van der Waals surface area contributed by atoms with E-state index in [0.29, 0.717) is 10.5 Å². The van der Waals surface area contributed by atoms with Gasteiger partial charge >= 0.3 is 0 Å². The molecule has 1 atom stereocenters. The molecule has 1 aliphatic heterocycles. The molecule has 0 radical (unpaired) electrons. The predicted octanol–water partition coefficient (Wildman–Crippen LogP) is 2.40. The lowest BCUT2D eigenvalue weighted by molar-refractivity contribution is 0.197. The summed E-state index contributed by atoms with van der Waals surface area (Å²) in [6.07, 6.45) is 4.44. The van der Waals surface area contributed by atoms with Crippen LogP contribution in [0, 0.1) is 0 Å². The Morgan fingerprint density at radius 3 is 3.06 bits per heavy atom. The van der Waals surface area contributed by atoms with Gasteiger partial charge in [-0.2, -0.15) is 0 Å². The predicted molar refractivity (Wildman–Crippen MR) is 71.7 cm³/mol. The third-order valence-electron chi connectivity index (χ3n) is 2.82. The zero-order valence-corrected chi connectivity index (χ0v) is 11.7. The number of piperidine rings is 1. The number of aromatic nitrogens is 1. The Morgan fingerprint density at radius 1 is 1.69 bits per heavy atom. The zero-order valence-electron chi connectivity index (χ0n) is 9.28. The van der Waals surface area contributed by atoms with Gasteiger partial charge in [0.2, 0.25) is 0 Å². The molecular weight excluding hydrogens is 265 g/mol. The molecule has 1 saturated heterocycles. The van der Waals surface area contributed by atoms with Gasteiger partial charge in [0.05, 0.1) is 0 Å². The van der Waals surface area contributed by atoms with Crippen LogP contribution in [-0.4, -0.2) is 36.1 Å². The van der Waals surface area contributed by atoms with Gasteiger partial charge in [0, 0.05) is 30.2 Å². The monoisotopic (exact) mass is 281 g/mol. The number of nitrogens with one attached hydrogen (secondary N) is 1. The van der Waals surface area contributed by atoms with Crippen molar-refractivity contribution in [1.82, 2.24) is 15.2 Å². The van der Waals surface area contributed by atoms with E-state index in [1.807, 2.05) is 6.20 Å². The number of rotatable bonds is 3. The molecule has 0 spiro atoms. The van der Waals surface area contributed by atoms with Crippen molar-refractivity contribution in [2.24, 2.45) is 0 Å². The molecule has 0 unspecified atom stereocenters. The Balaban J connectivity index is 0.00000128. The van der Waals surface area contributed by atoms with Gasteiger partial charge in [0.15, 0.2) is 4.47 Å². The molecule has 0 saturated carbocycles. The second kappa shape index (κ2) is 6.77. The van der Waals surface area contributed by atoms with Crippen molar-refractivity contribution >= 4 is 35.3 Å². The summed E-state index contributed by atoms with van der Waals surface area (Å²) in [4.78, 5) is 7.68. The summed E-state index contributed by atoms with van der Waals surface area (Å²) < 4.78 is 0.639. The average molecular weight is 282 g/mol. The molecule has 0 aliphatic carbocycles. The van der Waals surface area contributed by atoms with Crippen LogP contribution < -0.4 is 5.32 Å². The minimum atomic E-state index is 0. The molecule has 6 heteroatoms. The Labute approximate surface area is 112 Å². The van der Waals surface area contributed by atoms with Gasteiger partial charge < -0.3 is 5.32 Å². The Kier molecular flexibility index (Phi) is 6.00. The summed E-state index contributed by atoms with van der Waals surface area (Å²) >= 11 is 7.38. The maximum Gasteiger partial charge on any atom is 0.183 e. The maximum absolute atomic E-state index is 5.81. The van der Waals surface area contributed by atoms with E-state index in [1.165, 1.54) is 17.7 Å². The highest BCUT2D eigenvalue weighted by molar-refractivity contribution is 7.15. The van der Waals surface area contributed by atoms with E-state index in [1.54, 1.807) is 11.3 Å². The van der Waals surface area contributed by atoms with Gasteiger partial charge in [-0.25, -0.2) is 4.98 Å². The van der Waals surface area contributed by atoms with E-state index >= 15 is 0 Å². The lowest BCUT2D eigenvalue weighted by atomic mass is 10.1. The molecule has 1 aromatic rings. The highest BCUT2D eigenvalue weighted by Gasteiger charge is 2.18. The minimum Gasteiger partial charge on any atom is -0.315 e. The highest BCUT2D eigenvalue weighted by Crippen LogP contribution is 2.20. The molecule has 1 N–H and O–H groups in total. The number of halogens is 2. The smallest absolute Gasteiger partial charge is 0.183 e. The van der Waals surface area contributed by atoms with Crippen molar-refractivity contribution in [2.75, 3.05) is 20.1 Å². The van der Waals surface area contributed by atoms with Gasteiger partial charge in [-0.15, -0.1) is 23.7 Å². The molecule has 1 aromatic heterocycles. The first-order chi connectivity index (χ1) is 7.25. The molecule has 3 nitrogen and oxygen atoms in total. The van der Waals surface area contributed by atoms with Crippen molar-refractivity contribution in [2.45, 2.75) is 25.4 Å². The Morgan fingerprint density at radius 2 is 2.50 bits per heavy atom. The molecule has 92 valence electrons. The zero-order chi connectivity index (χ0) is 10.7. The first-order valence-corrected chi connectivity index (χ1v) is 6.46. The van der Waals surface area contributed by atoms with E-state index in [0.717, 1.165) is 19.6 Å². The summed E-state index contributed by atoms with van der Waals surface area (Å²) in [5.74, 6) is 0. The minimum absolute atomic E-state index is 0. The third kappa shape index (κ3) is 3.86. The Hall–Kier alpha value is 0.130. The third-order valence-corrected chi connectivity index (χ3v) is 3.92. The summed E-state index contributed by atoms with van der Waals surface area (Å²) in [5, 5.41) is 3.43. The van der Waals surface area contributed by atoms with E-state index < -0.39 is 0 Å². The van der Waals surface area contributed by atoms with Crippen LogP contribution in [0.4, 0.5) is 0 Å². The van der Waals surface area contributed by atoms with Gasteiger partial charge in [0.25, 0.3) is 0 Å². The number of hydrogen-bond acceptors (Lipinski definition) is 4. The second-order valence-electron chi connectivity index (χ2n) is 3.99. The topological polar surface area (TPSA) is 28.2 Å². The van der Waals surface area contributed by atoms with E-state index in [-0.39, 0.29) is 12.4 Å². The lowest BCUT2D eigenvalue weighted by Crippen LogP contribution is -2.43. The molecule has 0 bridgehead atoms. The molecule has 1 fully saturated rings. The molecule has 16 heavy (non-hydrogen) atoms. The van der Waals surface area contributed by atoms with Crippen LogP contribution >= 0.6 is 35.3 Å². The van der Waals surface area contributed by atoms with Crippen LogP contribution in [0.25, 0.3) is 0 Å². The number of thiazole rings is 1. The average Bonchev–Trinajstić information content (AvgIpc) is 2.65. The Bertz CT molecular complexity index is 313. The normalized spacial score (nSPS) is 20.8. The molecule has 2 heterocycles. The molecule has 2 rings (SSSR count). The van der Waals surface area contributed by atoms with Crippen LogP contribution in [-0.2, 0) is 6.54 Å². The second-order valence-corrected chi connectivity index (χ2v) is 5.69. The van der Waals surface area contributed by atoms with Crippen LogP contribution in [0.1, 0.15) is 17.7 Å². The summed E-state index contributed by atoms with van der Waals surface area (Å²) in [6.45, 7) is 3.22. The van der Waals surface area contributed by atoms with Crippen molar-refractivity contribution in [1.29, 1.82) is 0 Å². The van der Waals surface area contributed by atoms with Crippen molar-refractivity contribution in [3.05, 3.63) is 15.5 Å². The number of nitrogens with zero attached hydrogens (tertiary/aromatic N) is 2. The SMILES string of the molecule is CN(Cc1cnc(Cl)s1)[C@@H]1CCCNC1.Cl. The van der Waals surface area contributed by atoms with Crippen LogP contribution in [0.2, 0.25) is 4.47 Å². The fraction of sp³-hybridized carbons (Fsp3) is 0.700. The molecule has 0 aromatic carbocycles. The molecule has 1 aliphatic rings. The van der Waals surface area contributed by atoms with E-state index in [9.17, 15) is 0 Å². The van der Waals surface area contributed by atoms with Crippen LogP contribution in [0.5, 0.6) is 0 Å². The van der Waals surface area contributed by atoms with Crippen molar-refractivity contribution in [3.8, 4) is 0 Å². The van der Waals surface area contributed by atoms with Crippen LogP contribution in [0.15, 0.2) is 6.20 Å². The van der Waals surface area contributed by atoms with Gasteiger partial charge in [-0.1, -0.05) is 11.6 Å². The lowest BCUT2D eigenvalue weighted by Gasteiger charge is -2.31. The van der Waals surface area contributed by atoms with Crippen molar-refractivity contribution < 1.29 is 0 Å². The van der Waals surface area contributed by atoms with Gasteiger partial charge in [-0.3, -0.25) is 4.90 Å². The highest BCUT2D eigenvalue weighted by atomic mass is 35.5. The van der Waals surface area contributed by atoms with Gasteiger partial charge in [-0.05, 0) is 26.4 Å². The first-order valence-electron chi connectivity index (χ1n) is 5.27. The summed E-state index contributed by atoms with van der Waals surface area (Å²) in [6, 6.07) is 0.652. The van der Waals surface area contributed by atoms with Gasteiger partial charge in [0.1, 0.15) is 0 Å². The standard InChI is InChI=1S/C10H16ClN3S.ClH/c1-14(8-3-2-4-12-5-8)7-9-6-13-10(11)15-9;/h6,8,12H,2-5,7H2,1H3;1H/t8-;/m1./s1. The first kappa shape index (κ1) is 14.2.